The molecular formula is C16H20N2O4S. The number of amides is 2. The minimum atomic E-state index is -0.806. The van der Waals surface area contributed by atoms with E-state index in [0.717, 1.165) is 17.0 Å². The molecular weight excluding hydrogens is 316 g/mol. The van der Waals surface area contributed by atoms with Gasteiger partial charge in [-0.1, -0.05) is 18.6 Å². The number of nitrogens with one attached hydrogen (secondary N) is 1. The van der Waals surface area contributed by atoms with Crippen LogP contribution in [0.25, 0.3) is 0 Å². The molecule has 2 N–H and O–H groups in total. The van der Waals surface area contributed by atoms with E-state index in [1.807, 2.05) is 24.3 Å². The van der Waals surface area contributed by atoms with E-state index in [1.54, 1.807) is 7.05 Å². The molecule has 1 aliphatic heterocycles. The Balaban J connectivity index is 1.83. The zero-order valence-corrected chi connectivity index (χ0v) is 13.8. The maximum Gasteiger partial charge on any atom is 0.303 e. The van der Waals surface area contributed by atoms with E-state index in [0.29, 0.717) is 19.4 Å². The number of carbonyl (C=O) groups excluding carboxylic acids is 2. The molecule has 1 aromatic rings. The van der Waals surface area contributed by atoms with Crippen LogP contribution in [0.1, 0.15) is 25.7 Å². The molecule has 7 heteroatoms. The molecule has 0 saturated heterocycles. The third-order valence-electron chi connectivity index (χ3n) is 3.63. The van der Waals surface area contributed by atoms with Gasteiger partial charge in [0.05, 0.1) is 5.69 Å². The number of carboxylic acids is 1. The quantitative estimate of drug-likeness (QED) is 0.586. The van der Waals surface area contributed by atoms with Gasteiger partial charge in [-0.25, -0.2) is 0 Å². The van der Waals surface area contributed by atoms with Gasteiger partial charge in [0, 0.05) is 24.9 Å². The highest BCUT2D eigenvalue weighted by Gasteiger charge is 2.36. The molecule has 0 bridgehead atoms. The first-order chi connectivity index (χ1) is 11.0. The van der Waals surface area contributed by atoms with Gasteiger partial charge in [0.25, 0.3) is 0 Å². The molecule has 1 aromatic carbocycles. The summed E-state index contributed by atoms with van der Waals surface area (Å²) in [5, 5.41) is 10.5. The predicted molar refractivity (Wildman–Crippen MR) is 88.6 cm³/mol. The van der Waals surface area contributed by atoms with Gasteiger partial charge in [-0.2, -0.15) is 0 Å². The van der Waals surface area contributed by atoms with Crippen molar-refractivity contribution in [3.05, 3.63) is 24.3 Å². The summed E-state index contributed by atoms with van der Waals surface area (Å²) in [6.45, 7) is 0.453. The number of carboxylic acid groups (broad SMARTS) is 1. The van der Waals surface area contributed by atoms with Gasteiger partial charge < -0.3 is 15.3 Å². The lowest BCUT2D eigenvalue weighted by Crippen LogP contribution is -2.46. The van der Waals surface area contributed by atoms with Crippen molar-refractivity contribution >= 4 is 35.2 Å². The van der Waals surface area contributed by atoms with E-state index in [4.69, 9.17) is 5.11 Å². The summed E-state index contributed by atoms with van der Waals surface area (Å²) in [7, 11) is 1.67. The van der Waals surface area contributed by atoms with E-state index in [2.05, 4.69) is 5.32 Å². The van der Waals surface area contributed by atoms with Crippen LogP contribution in [-0.4, -0.2) is 41.7 Å². The number of anilines is 1. The van der Waals surface area contributed by atoms with Crippen LogP contribution in [-0.2, 0) is 14.4 Å². The van der Waals surface area contributed by atoms with E-state index in [9.17, 15) is 14.4 Å². The molecule has 2 rings (SSSR count). The number of hydrogen-bond donors (Lipinski definition) is 2. The van der Waals surface area contributed by atoms with Gasteiger partial charge in [-0.05, 0) is 25.0 Å². The third kappa shape index (κ3) is 4.48. The normalized spacial score (nSPS) is 16.8. The SMILES string of the molecule is CN1C(=O)C(C(=O)NCCCCCC(=O)O)Sc2ccccc21. The van der Waals surface area contributed by atoms with Gasteiger partial charge in [-0.15, -0.1) is 11.8 Å². The number of aliphatic carboxylic acids is 1. The number of nitrogens with zero attached hydrogens (tertiary/aromatic N) is 1. The smallest absolute Gasteiger partial charge is 0.303 e. The Hall–Kier alpha value is -2.02. The highest BCUT2D eigenvalue weighted by molar-refractivity contribution is 8.01. The van der Waals surface area contributed by atoms with Crippen LogP contribution in [0.5, 0.6) is 0 Å². The first kappa shape index (κ1) is 17.3. The standard InChI is InChI=1S/C16H20N2O4S/c1-18-11-7-4-5-8-12(11)23-14(16(18)22)15(21)17-10-6-2-3-9-13(19)20/h4-5,7-8,14H,2-3,6,9-10H2,1H3,(H,17,21)(H,19,20). The molecule has 0 spiro atoms. The van der Waals surface area contributed by atoms with E-state index < -0.39 is 11.2 Å². The Morgan fingerprint density at radius 3 is 2.74 bits per heavy atom. The van der Waals surface area contributed by atoms with Crippen LogP contribution >= 0.6 is 11.8 Å². The van der Waals surface area contributed by atoms with Crippen molar-refractivity contribution in [2.24, 2.45) is 0 Å². The van der Waals surface area contributed by atoms with Crippen LogP contribution in [0.4, 0.5) is 5.69 Å². The molecule has 1 aliphatic rings. The molecule has 6 nitrogen and oxygen atoms in total. The lowest BCUT2D eigenvalue weighted by molar-refractivity contribution is -0.137. The fourth-order valence-corrected chi connectivity index (χ4v) is 3.54. The van der Waals surface area contributed by atoms with Crippen molar-refractivity contribution in [2.45, 2.75) is 35.8 Å². The zero-order chi connectivity index (χ0) is 16.8. The second-order valence-corrected chi connectivity index (χ2v) is 6.51. The predicted octanol–water partition coefficient (Wildman–Crippen LogP) is 1.88. The van der Waals surface area contributed by atoms with Gasteiger partial charge >= 0.3 is 5.97 Å². The number of thioether (sulfide) groups is 1. The second kappa shape index (κ2) is 8.01. The van der Waals surface area contributed by atoms with E-state index in [-0.39, 0.29) is 18.2 Å². The minimum absolute atomic E-state index is 0.145. The second-order valence-electron chi connectivity index (χ2n) is 5.36. The molecule has 0 radical (unpaired) electrons. The fraction of sp³-hybridized carbons (Fsp3) is 0.438. The van der Waals surface area contributed by atoms with Crippen LogP contribution in [0.15, 0.2) is 29.2 Å². The molecule has 23 heavy (non-hydrogen) atoms. The molecule has 1 heterocycles. The number of para-hydroxylation sites is 1. The van der Waals surface area contributed by atoms with Gasteiger partial charge in [-0.3, -0.25) is 14.4 Å². The van der Waals surface area contributed by atoms with Crippen LogP contribution in [0.3, 0.4) is 0 Å². The lowest BCUT2D eigenvalue weighted by atomic mass is 10.2. The fourth-order valence-electron chi connectivity index (χ4n) is 2.35. The highest BCUT2D eigenvalue weighted by atomic mass is 32.2. The third-order valence-corrected chi connectivity index (χ3v) is 4.88. The van der Waals surface area contributed by atoms with Crippen molar-refractivity contribution < 1.29 is 19.5 Å². The molecule has 0 fully saturated rings. The minimum Gasteiger partial charge on any atom is -0.481 e. The number of carbonyl (C=O) groups is 3. The van der Waals surface area contributed by atoms with Crippen LogP contribution in [0.2, 0.25) is 0 Å². The summed E-state index contributed by atoms with van der Waals surface area (Å²) in [6.07, 6.45) is 2.18. The Morgan fingerprint density at radius 2 is 2.00 bits per heavy atom. The number of benzene rings is 1. The average Bonchev–Trinajstić information content (AvgIpc) is 2.53. The van der Waals surface area contributed by atoms with Crippen LogP contribution in [0, 0.1) is 0 Å². The number of hydrogen-bond acceptors (Lipinski definition) is 4. The topological polar surface area (TPSA) is 86.7 Å². The Bertz CT molecular complexity index is 605. The van der Waals surface area contributed by atoms with E-state index >= 15 is 0 Å². The first-order valence-corrected chi connectivity index (χ1v) is 8.41. The van der Waals surface area contributed by atoms with Crippen LogP contribution < -0.4 is 10.2 Å². The largest absolute Gasteiger partial charge is 0.481 e. The van der Waals surface area contributed by atoms with E-state index in [1.165, 1.54) is 16.7 Å². The number of unbranched alkanes of at least 4 members (excludes halogenated alkanes) is 2. The summed E-state index contributed by atoms with van der Waals surface area (Å²) in [5.41, 5.74) is 0.820. The molecule has 0 aliphatic carbocycles. The first-order valence-electron chi connectivity index (χ1n) is 7.53. The molecule has 1 unspecified atom stereocenters. The Labute approximate surface area is 139 Å². The van der Waals surface area contributed by atoms with Crippen molar-refractivity contribution in [1.82, 2.24) is 5.32 Å². The summed E-state index contributed by atoms with van der Waals surface area (Å²) >= 11 is 1.27. The molecule has 0 aromatic heterocycles. The highest BCUT2D eigenvalue weighted by Crippen LogP contribution is 2.38. The van der Waals surface area contributed by atoms with Gasteiger partial charge in [0.15, 0.2) is 5.25 Å². The molecule has 124 valence electrons. The molecule has 1 atom stereocenters. The summed E-state index contributed by atoms with van der Waals surface area (Å²) in [6, 6.07) is 7.50. The summed E-state index contributed by atoms with van der Waals surface area (Å²) < 4.78 is 0. The summed E-state index contributed by atoms with van der Waals surface area (Å²) in [5.74, 6) is -1.32. The number of rotatable bonds is 7. The zero-order valence-electron chi connectivity index (χ0n) is 12.9. The number of fused-ring (bicyclic) bond motifs is 1. The molecule has 0 saturated carbocycles. The average molecular weight is 336 g/mol. The maximum absolute atomic E-state index is 12.3. The Morgan fingerprint density at radius 1 is 1.26 bits per heavy atom. The maximum atomic E-state index is 12.3. The van der Waals surface area contributed by atoms with Gasteiger partial charge in [0.2, 0.25) is 11.8 Å². The van der Waals surface area contributed by atoms with Crippen molar-refractivity contribution in [3.8, 4) is 0 Å². The van der Waals surface area contributed by atoms with Gasteiger partial charge in [0.1, 0.15) is 0 Å². The molecule has 2 amide bonds. The van der Waals surface area contributed by atoms with Crippen molar-refractivity contribution in [2.75, 3.05) is 18.5 Å². The van der Waals surface area contributed by atoms with Crippen molar-refractivity contribution in [3.63, 3.8) is 0 Å². The lowest BCUT2D eigenvalue weighted by Gasteiger charge is -2.30. The van der Waals surface area contributed by atoms with Crippen molar-refractivity contribution in [1.29, 1.82) is 0 Å². The Kier molecular flexibility index (Phi) is 6.04. The summed E-state index contributed by atoms with van der Waals surface area (Å²) in [4.78, 5) is 37.4. The monoisotopic (exact) mass is 336 g/mol.